The molecule has 33 heavy (non-hydrogen) atoms. The van der Waals surface area contributed by atoms with Gasteiger partial charge in [0.25, 0.3) is 0 Å². The quantitative estimate of drug-likeness (QED) is 0.235. The first-order valence-corrected chi connectivity index (χ1v) is 10.8. The van der Waals surface area contributed by atoms with Crippen LogP contribution in [-0.4, -0.2) is 6.18 Å². The Kier molecular flexibility index (Phi) is 7.88. The van der Waals surface area contributed by atoms with Gasteiger partial charge in [-0.05, 0) is 79.0 Å². The summed E-state index contributed by atoms with van der Waals surface area (Å²) in [6.07, 6.45) is 3.34. The van der Waals surface area contributed by atoms with E-state index in [0.29, 0.717) is 11.5 Å². The molecule has 0 saturated heterocycles. The van der Waals surface area contributed by atoms with Gasteiger partial charge in [-0.3, -0.25) is 0 Å². The average Bonchev–Trinajstić information content (AvgIpc) is 2.72. The zero-order chi connectivity index (χ0) is 24.2. The summed E-state index contributed by atoms with van der Waals surface area (Å²) in [4.78, 5) is 0. The monoisotopic (exact) mass is 468 g/mol. The van der Waals surface area contributed by atoms with Crippen molar-refractivity contribution in [3.05, 3.63) is 69.8 Å². The molecule has 0 aliphatic heterocycles. The Morgan fingerprint density at radius 3 is 1.94 bits per heavy atom. The smallest absolute Gasteiger partial charge is 0.206 e. The molecule has 1 fully saturated rings. The Balaban J connectivity index is 1.78. The minimum absolute atomic E-state index is 0.0914. The van der Waals surface area contributed by atoms with E-state index in [4.69, 9.17) is 0 Å². The first-order chi connectivity index (χ1) is 15.6. The number of alkyl halides is 3. The lowest BCUT2D eigenvalue weighted by Gasteiger charge is -2.28. The highest BCUT2D eigenvalue weighted by Gasteiger charge is 2.24. The van der Waals surface area contributed by atoms with Gasteiger partial charge in [0, 0.05) is 11.5 Å². The Labute approximate surface area is 188 Å². The zero-order valence-electron chi connectivity index (χ0n) is 18.0. The normalized spacial score (nSPS) is 18.9. The van der Waals surface area contributed by atoms with Gasteiger partial charge in [0.15, 0.2) is 0 Å². The predicted molar refractivity (Wildman–Crippen MR) is 114 cm³/mol. The number of rotatable bonds is 5. The van der Waals surface area contributed by atoms with Gasteiger partial charge in [-0.25, -0.2) is 17.6 Å². The van der Waals surface area contributed by atoms with E-state index in [1.165, 1.54) is 18.1 Å². The maximum Gasteiger partial charge on any atom is 0.458 e. The summed E-state index contributed by atoms with van der Waals surface area (Å²) in [5.41, 5.74) is -0.901. The van der Waals surface area contributed by atoms with E-state index in [2.05, 4.69) is 6.92 Å². The van der Waals surface area contributed by atoms with E-state index in [-0.39, 0.29) is 17.0 Å². The number of benzene rings is 2. The lowest BCUT2D eigenvalue weighted by atomic mass is 9.77. The lowest BCUT2D eigenvalue weighted by molar-refractivity contribution is -0.0696. The van der Waals surface area contributed by atoms with Crippen LogP contribution in [0.1, 0.15) is 73.6 Å². The van der Waals surface area contributed by atoms with Gasteiger partial charge in [-0.15, -0.1) is 0 Å². The van der Waals surface area contributed by atoms with Gasteiger partial charge in [0.2, 0.25) is 0 Å². The van der Waals surface area contributed by atoms with E-state index in [0.717, 1.165) is 68.7 Å². The second kappa shape index (κ2) is 10.5. The number of hydrogen-bond donors (Lipinski definition) is 0. The van der Waals surface area contributed by atoms with E-state index < -0.39 is 35.0 Å². The minimum Gasteiger partial charge on any atom is -0.206 e. The summed E-state index contributed by atoms with van der Waals surface area (Å²) in [7, 11) is 0. The standard InChI is InChI=1S/C26H23F7/c1-2-3-16-4-7-18(8-5-16)19-14-24(29)20(25(30)15-19)9-6-17-12-22(27)21(23(28)13-17)10-11-26(31,32)33/h6,9,12-16,18H,2-5,7-8H2,1H3. The maximum atomic E-state index is 14.6. The fraction of sp³-hybridized carbons (Fsp3) is 0.385. The molecular weight excluding hydrogens is 445 g/mol. The molecule has 7 heteroatoms. The second-order valence-corrected chi connectivity index (χ2v) is 8.35. The molecule has 0 aromatic heterocycles. The van der Waals surface area contributed by atoms with Crippen molar-refractivity contribution in [1.82, 2.24) is 0 Å². The molecule has 176 valence electrons. The van der Waals surface area contributed by atoms with E-state index in [1.807, 2.05) is 0 Å². The van der Waals surface area contributed by atoms with Crippen LogP contribution in [-0.2, 0) is 0 Å². The highest BCUT2D eigenvalue weighted by molar-refractivity contribution is 5.71. The fourth-order valence-electron chi connectivity index (χ4n) is 4.31. The van der Waals surface area contributed by atoms with E-state index in [1.54, 1.807) is 0 Å². The highest BCUT2D eigenvalue weighted by Crippen LogP contribution is 2.38. The molecule has 1 saturated carbocycles. The van der Waals surface area contributed by atoms with Gasteiger partial charge in [0.05, 0.1) is 5.56 Å². The van der Waals surface area contributed by atoms with Crippen LogP contribution in [0, 0.1) is 41.0 Å². The van der Waals surface area contributed by atoms with Crippen LogP contribution < -0.4 is 0 Å². The number of hydrogen-bond acceptors (Lipinski definition) is 0. The Morgan fingerprint density at radius 2 is 1.42 bits per heavy atom. The van der Waals surface area contributed by atoms with Gasteiger partial charge in [0.1, 0.15) is 23.3 Å². The third-order valence-corrected chi connectivity index (χ3v) is 5.95. The third kappa shape index (κ3) is 6.63. The van der Waals surface area contributed by atoms with Crippen LogP contribution in [0.2, 0.25) is 0 Å². The first kappa shape index (κ1) is 24.9. The molecule has 2 aromatic rings. The zero-order valence-corrected chi connectivity index (χ0v) is 18.0. The molecule has 0 heterocycles. The molecule has 0 N–H and O–H groups in total. The minimum atomic E-state index is -4.90. The van der Waals surface area contributed by atoms with Gasteiger partial charge in [-0.1, -0.05) is 31.8 Å². The van der Waals surface area contributed by atoms with Gasteiger partial charge in [-0.2, -0.15) is 13.2 Å². The molecule has 3 rings (SSSR count). The molecule has 0 unspecified atom stereocenters. The van der Waals surface area contributed by atoms with Crippen molar-refractivity contribution in [2.24, 2.45) is 5.92 Å². The van der Waals surface area contributed by atoms with Crippen LogP contribution in [0.5, 0.6) is 0 Å². The van der Waals surface area contributed by atoms with Crippen molar-refractivity contribution in [3.63, 3.8) is 0 Å². The highest BCUT2D eigenvalue weighted by atomic mass is 19.4. The summed E-state index contributed by atoms with van der Waals surface area (Å²) in [5, 5.41) is 0. The molecule has 1 aliphatic rings. The van der Waals surface area contributed by atoms with Crippen molar-refractivity contribution >= 4 is 12.2 Å². The molecule has 0 atom stereocenters. The molecule has 1 aliphatic carbocycles. The first-order valence-electron chi connectivity index (χ1n) is 10.8. The maximum absolute atomic E-state index is 14.6. The second-order valence-electron chi connectivity index (χ2n) is 8.35. The average molecular weight is 468 g/mol. The van der Waals surface area contributed by atoms with Crippen molar-refractivity contribution in [1.29, 1.82) is 0 Å². The topological polar surface area (TPSA) is 0 Å². The van der Waals surface area contributed by atoms with Gasteiger partial charge < -0.3 is 0 Å². The van der Waals surface area contributed by atoms with Crippen LogP contribution in [0.25, 0.3) is 12.2 Å². The summed E-state index contributed by atoms with van der Waals surface area (Å²) in [6.45, 7) is 2.14. The molecule has 0 bridgehead atoms. The summed E-state index contributed by atoms with van der Waals surface area (Å²) >= 11 is 0. The molecule has 2 aromatic carbocycles. The fourth-order valence-corrected chi connectivity index (χ4v) is 4.31. The molecule has 0 spiro atoms. The summed E-state index contributed by atoms with van der Waals surface area (Å²) < 4.78 is 93.8. The number of halogens is 7. The largest absolute Gasteiger partial charge is 0.458 e. The van der Waals surface area contributed by atoms with Crippen molar-refractivity contribution < 1.29 is 30.7 Å². The predicted octanol–water partition coefficient (Wildman–Crippen LogP) is 8.40. The SMILES string of the molecule is CCCC1CCC(c2cc(F)c(C=Cc3cc(F)c(C#CC(F)(F)F)c(F)c3)c(F)c2)CC1. The summed E-state index contributed by atoms with van der Waals surface area (Å²) in [6, 6.07) is 4.09. The van der Waals surface area contributed by atoms with E-state index >= 15 is 0 Å². The molecule has 0 amide bonds. The summed E-state index contributed by atoms with van der Waals surface area (Å²) in [5.74, 6) is -1.20. The molecular formula is C26H23F7. The molecule has 0 radical (unpaired) electrons. The van der Waals surface area contributed by atoms with Crippen molar-refractivity contribution in [3.8, 4) is 11.8 Å². The van der Waals surface area contributed by atoms with E-state index in [9.17, 15) is 30.7 Å². The third-order valence-electron chi connectivity index (χ3n) is 5.95. The van der Waals surface area contributed by atoms with Crippen molar-refractivity contribution in [2.75, 3.05) is 0 Å². The van der Waals surface area contributed by atoms with Gasteiger partial charge >= 0.3 is 6.18 Å². The van der Waals surface area contributed by atoms with Crippen molar-refractivity contribution in [2.45, 2.75) is 57.5 Å². The lowest BCUT2D eigenvalue weighted by Crippen LogP contribution is -2.13. The Bertz CT molecular complexity index is 1030. The Hall–Kier alpha value is -2.75. The van der Waals surface area contributed by atoms with Crippen LogP contribution >= 0.6 is 0 Å². The van der Waals surface area contributed by atoms with Crippen LogP contribution in [0.15, 0.2) is 24.3 Å². The Morgan fingerprint density at radius 1 is 0.848 bits per heavy atom. The molecule has 0 nitrogen and oxygen atoms in total. The van der Waals surface area contributed by atoms with Crippen LogP contribution in [0.3, 0.4) is 0 Å². The van der Waals surface area contributed by atoms with Crippen LogP contribution in [0.4, 0.5) is 30.7 Å².